The maximum absolute atomic E-state index is 11.9. The van der Waals surface area contributed by atoms with Gasteiger partial charge >= 0.3 is 12.1 Å². The summed E-state index contributed by atoms with van der Waals surface area (Å²) < 4.78 is 6.28. The van der Waals surface area contributed by atoms with E-state index in [1.54, 1.807) is 4.90 Å². The number of aromatic amines is 1. The topological polar surface area (TPSA) is 114 Å². The van der Waals surface area contributed by atoms with Crippen molar-refractivity contribution >= 4 is 28.5 Å². The van der Waals surface area contributed by atoms with Crippen LogP contribution in [-0.4, -0.2) is 99.1 Å². The fourth-order valence-electron chi connectivity index (χ4n) is 7.19. The lowest BCUT2D eigenvalue weighted by Crippen LogP contribution is -2.56. The number of nitrogens with zero attached hydrogens (tertiary/aromatic N) is 7. The van der Waals surface area contributed by atoms with Gasteiger partial charge in [0.2, 0.25) is 0 Å². The van der Waals surface area contributed by atoms with E-state index in [1.165, 1.54) is 17.7 Å². The molecule has 4 aliphatic heterocycles. The highest BCUT2D eigenvalue weighted by Crippen LogP contribution is 2.38. The molecule has 11 nitrogen and oxygen atoms in total. The van der Waals surface area contributed by atoms with E-state index in [0.717, 1.165) is 66.8 Å². The third kappa shape index (κ3) is 4.23. The average molecular weight is 533 g/mol. The first-order chi connectivity index (χ1) is 19.0. The molecule has 3 saturated heterocycles. The number of aryl methyl sites for hydroxylation is 1. The third-order valence-electron chi connectivity index (χ3n) is 9.22. The molecule has 3 atom stereocenters. The first-order valence-electron chi connectivity index (χ1n) is 14.1. The smallest absolute Gasteiger partial charge is 0.407 e. The second-order valence-corrected chi connectivity index (χ2v) is 11.6. The highest BCUT2D eigenvalue weighted by atomic mass is 16.5. The van der Waals surface area contributed by atoms with Crippen LogP contribution < -0.4 is 14.5 Å². The minimum Gasteiger partial charge on any atom is -0.465 e. The van der Waals surface area contributed by atoms with Crippen molar-refractivity contribution < 1.29 is 14.6 Å². The first kappa shape index (κ1) is 24.4. The average Bonchev–Trinajstić information content (AvgIpc) is 3.64. The quantitative estimate of drug-likeness (QED) is 0.512. The lowest BCUT2D eigenvalue weighted by molar-refractivity contribution is 0.114. The number of anilines is 2. The van der Waals surface area contributed by atoms with Gasteiger partial charge in [-0.2, -0.15) is 15.1 Å². The second kappa shape index (κ2) is 9.55. The number of fused-ring (bicyclic) bond motifs is 4. The molecule has 0 aliphatic carbocycles. The predicted octanol–water partition coefficient (Wildman–Crippen LogP) is 3.03. The molecule has 1 unspecified atom stereocenters. The Kier molecular flexibility index (Phi) is 5.98. The minimum atomic E-state index is -0.809. The Labute approximate surface area is 227 Å². The van der Waals surface area contributed by atoms with Crippen LogP contribution in [0.25, 0.3) is 10.9 Å². The van der Waals surface area contributed by atoms with Gasteiger partial charge in [-0.05, 0) is 64.3 Å². The van der Waals surface area contributed by atoms with Crippen LogP contribution in [0, 0.1) is 6.92 Å². The van der Waals surface area contributed by atoms with Crippen LogP contribution in [0.5, 0.6) is 6.01 Å². The largest absolute Gasteiger partial charge is 0.465 e. The summed E-state index contributed by atoms with van der Waals surface area (Å²) in [7, 11) is 2.15. The van der Waals surface area contributed by atoms with Crippen LogP contribution in [0.15, 0.2) is 18.3 Å². The number of likely N-dealkylation sites (tertiary alicyclic amines) is 1. The molecule has 2 aromatic heterocycles. The number of rotatable bonds is 5. The standard InChI is InChI=1S/C28H36N8O3/c1-17-5-8-23-22(12-29-32-23)25(17)34-11-9-21-24(15-34)30-27(39-16-20-4-3-10-33(20)2)31-26(21)35-13-18-6-7-19(14-35)36(18)28(37)38/h5,8,12,18-20H,3-4,6-7,9-11,13-16H2,1-2H3,(H,29,32)(H,37,38)/t18-,19+,20?. The van der Waals surface area contributed by atoms with Crippen molar-refractivity contribution in [3.8, 4) is 6.01 Å². The Morgan fingerprint density at radius 1 is 1.13 bits per heavy atom. The molecule has 11 heteroatoms. The third-order valence-corrected chi connectivity index (χ3v) is 9.22. The molecule has 0 saturated carbocycles. The molecule has 6 heterocycles. The number of carboxylic acid groups (broad SMARTS) is 1. The zero-order valence-electron chi connectivity index (χ0n) is 22.6. The summed E-state index contributed by atoms with van der Waals surface area (Å²) in [6.45, 7) is 6.65. The van der Waals surface area contributed by atoms with Crippen LogP contribution >= 0.6 is 0 Å². The fourth-order valence-corrected chi connectivity index (χ4v) is 7.19. The number of piperazine rings is 1. The normalized spacial score (nSPS) is 25.0. The molecule has 3 aromatic rings. The van der Waals surface area contributed by atoms with Gasteiger partial charge in [-0.1, -0.05) is 6.07 Å². The number of H-pyrrole nitrogens is 1. The van der Waals surface area contributed by atoms with Crippen molar-refractivity contribution in [3.63, 3.8) is 0 Å². The van der Waals surface area contributed by atoms with E-state index >= 15 is 0 Å². The van der Waals surface area contributed by atoms with Gasteiger partial charge in [0.1, 0.15) is 12.4 Å². The molecule has 1 aromatic carbocycles. The second-order valence-electron chi connectivity index (χ2n) is 11.6. The molecule has 39 heavy (non-hydrogen) atoms. The molecular weight excluding hydrogens is 496 g/mol. The zero-order valence-corrected chi connectivity index (χ0v) is 22.6. The number of likely N-dealkylation sites (N-methyl/N-ethyl adjacent to an activating group) is 1. The molecule has 4 aliphatic rings. The summed E-state index contributed by atoms with van der Waals surface area (Å²) in [5.41, 5.74) is 5.59. The summed E-state index contributed by atoms with van der Waals surface area (Å²) in [5, 5.41) is 18.3. The molecule has 1 amide bonds. The Bertz CT molecular complexity index is 1390. The Morgan fingerprint density at radius 2 is 1.95 bits per heavy atom. The highest BCUT2D eigenvalue weighted by Gasteiger charge is 2.44. The maximum Gasteiger partial charge on any atom is 0.407 e. The van der Waals surface area contributed by atoms with Crippen molar-refractivity contribution in [3.05, 3.63) is 35.2 Å². The van der Waals surface area contributed by atoms with E-state index in [1.807, 2.05) is 6.20 Å². The molecule has 0 radical (unpaired) electrons. The lowest BCUT2D eigenvalue weighted by Gasteiger charge is -2.41. The molecule has 206 valence electrons. The Hall–Kier alpha value is -3.60. The van der Waals surface area contributed by atoms with Gasteiger partial charge in [0, 0.05) is 36.6 Å². The number of hydrogen-bond acceptors (Lipinski definition) is 8. The maximum atomic E-state index is 11.9. The summed E-state index contributed by atoms with van der Waals surface area (Å²) in [6.07, 6.45) is 6.03. The number of ether oxygens (including phenoxy) is 1. The number of aromatic nitrogens is 4. The summed E-state index contributed by atoms with van der Waals surface area (Å²) in [5.74, 6) is 0.926. The fraction of sp³-hybridized carbons (Fsp3) is 0.571. The Morgan fingerprint density at radius 3 is 2.69 bits per heavy atom. The SMILES string of the molecule is Cc1ccc2[nH]ncc2c1N1CCc2c(nc(OCC3CCCN3C)nc2N2C[C@H]3CC[C@@H](C2)N3C(=O)O)C1. The van der Waals surface area contributed by atoms with Crippen molar-refractivity contribution in [2.75, 3.05) is 49.6 Å². The van der Waals surface area contributed by atoms with Gasteiger partial charge in [0.25, 0.3) is 0 Å². The van der Waals surface area contributed by atoms with Gasteiger partial charge in [-0.3, -0.25) is 10.00 Å². The van der Waals surface area contributed by atoms with E-state index in [0.29, 0.717) is 38.3 Å². The number of amides is 1. The lowest BCUT2D eigenvalue weighted by atomic mass is 10.0. The van der Waals surface area contributed by atoms with Gasteiger partial charge in [-0.25, -0.2) is 4.79 Å². The Balaban J connectivity index is 1.23. The number of carbonyl (C=O) groups is 1. The van der Waals surface area contributed by atoms with Crippen molar-refractivity contribution in [1.29, 1.82) is 0 Å². The van der Waals surface area contributed by atoms with Gasteiger partial charge in [-0.15, -0.1) is 0 Å². The van der Waals surface area contributed by atoms with Crippen LogP contribution in [0.2, 0.25) is 0 Å². The van der Waals surface area contributed by atoms with E-state index in [2.05, 4.69) is 51.0 Å². The van der Waals surface area contributed by atoms with Gasteiger partial charge in [0.05, 0.1) is 41.7 Å². The number of hydrogen-bond donors (Lipinski definition) is 2. The molecule has 2 N–H and O–H groups in total. The molecule has 7 rings (SSSR count). The number of benzene rings is 1. The van der Waals surface area contributed by atoms with Crippen molar-refractivity contribution in [1.82, 2.24) is 30.0 Å². The van der Waals surface area contributed by atoms with E-state index in [9.17, 15) is 9.90 Å². The van der Waals surface area contributed by atoms with E-state index < -0.39 is 6.09 Å². The molecule has 2 bridgehead atoms. The monoisotopic (exact) mass is 532 g/mol. The summed E-state index contributed by atoms with van der Waals surface area (Å²) >= 11 is 0. The summed E-state index contributed by atoms with van der Waals surface area (Å²) in [6, 6.07) is 5.03. The van der Waals surface area contributed by atoms with Crippen LogP contribution in [0.3, 0.4) is 0 Å². The van der Waals surface area contributed by atoms with E-state index in [4.69, 9.17) is 14.7 Å². The molecule has 0 spiro atoms. The number of nitrogens with one attached hydrogen (secondary N) is 1. The van der Waals surface area contributed by atoms with E-state index in [-0.39, 0.29) is 12.1 Å². The predicted molar refractivity (Wildman–Crippen MR) is 148 cm³/mol. The zero-order chi connectivity index (χ0) is 26.7. The first-order valence-corrected chi connectivity index (χ1v) is 14.1. The van der Waals surface area contributed by atoms with Crippen LogP contribution in [0.4, 0.5) is 16.3 Å². The molecular formula is C28H36N8O3. The molecule has 3 fully saturated rings. The highest BCUT2D eigenvalue weighted by molar-refractivity contribution is 5.93. The van der Waals surface area contributed by atoms with Crippen LogP contribution in [-0.2, 0) is 13.0 Å². The van der Waals surface area contributed by atoms with Crippen LogP contribution in [0.1, 0.15) is 42.5 Å². The van der Waals surface area contributed by atoms with Crippen molar-refractivity contribution in [2.24, 2.45) is 0 Å². The van der Waals surface area contributed by atoms with Gasteiger partial charge < -0.3 is 24.5 Å². The van der Waals surface area contributed by atoms with Crippen molar-refractivity contribution in [2.45, 2.75) is 63.7 Å². The minimum absolute atomic E-state index is 0.00445. The summed E-state index contributed by atoms with van der Waals surface area (Å²) in [4.78, 5) is 30.6. The van der Waals surface area contributed by atoms with Gasteiger partial charge in [0.15, 0.2) is 0 Å².